The molecule has 0 spiro atoms. The number of nitrogens with two attached hydrogens (primary N) is 1. The lowest BCUT2D eigenvalue weighted by Crippen LogP contribution is -2.06. The highest BCUT2D eigenvalue weighted by Crippen LogP contribution is 2.32. The maximum absolute atomic E-state index is 11.8. The van der Waals surface area contributed by atoms with Crippen LogP contribution in [0, 0.1) is 0 Å². The molecular weight excluding hydrogens is 270 g/mol. The number of hydrogen-bond donors (Lipinski definition) is 1. The van der Waals surface area contributed by atoms with Gasteiger partial charge in [0.2, 0.25) is 0 Å². The molecular formula is C11H11N3O2S2. The highest BCUT2D eigenvalue weighted by molar-refractivity contribution is 8.01. The normalized spacial score (nSPS) is 10.3. The molecule has 5 nitrogen and oxygen atoms in total. The second-order valence-corrected chi connectivity index (χ2v) is 5.35. The summed E-state index contributed by atoms with van der Waals surface area (Å²) in [7, 11) is 0. The fraction of sp³-hybridized carbons (Fsp3) is 0.182. The summed E-state index contributed by atoms with van der Waals surface area (Å²) in [6, 6.07) is 5.14. The molecule has 1 heterocycles. The molecule has 2 rings (SSSR count). The van der Waals surface area contributed by atoms with Gasteiger partial charge in [-0.25, -0.2) is 9.78 Å². The first-order valence-corrected chi connectivity index (χ1v) is 6.81. The van der Waals surface area contributed by atoms with Crippen LogP contribution in [0.4, 0.5) is 5.69 Å². The Balaban J connectivity index is 2.31. The Labute approximate surface area is 113 Å². The summed E-state index contributed by atoms with van der Waals surface area (Å²) in [5, 5.41) is 0. The number of benzene rings is 1. The second kappa shape index (κ2) is 5.83. The van der Waals surface area contributed by atoms with Gasteiger partial charge in [0.1, 0.15) is 6.33 Å². The molecule has 0 bridgehead atoms. The average Bonchev–Trinajstić information content (AvgIpc) is 2.84. The van der Waals surface area contributed by atoms with Gasteiger partial charge in [-0.1, -0.05) is 11.8 Å². The summed E-state index contributed by atoms with van der Waals surface area (Å²) in [6.45, 7) is 2.10. The fourth-order valence-electron chi connectivity index (χ4n) is 1.31. The van der Waals surface area contributed by atoms with E-state index in [2.05, 4.69) is 9.36 Å². The highest BCUT2D eigenvalue weighted by atomic mass is 32.2. The van der Waals surface area contributed by atoms with Gasteiger partial charge in [0.25, 0.3) is 0 Å². The molecule has 1 aromatic carbocycles. The number of ether oxygens (including phenoxy) is 1. The van der Waals surface area contributed by atoms with Crippen LogP contribution in [0.2, 0.25) is 0 Å². The molecule has 18 heavy (non-hydrogen) atoms. The topological polar surface area (TPSA) is 78.1 Å². The van der Waals surface area contributed by atoms with E-state index in [1.54, 1.807) is 25.1 Å². The Morgan fingerprint density at radius 1 is 1.56 bits per heavy atom. The minimum Gasteiger partial charge on any atom is -0.462 e. The van der Waals surface area contributed by atoms with Crippen LogP contribution in [0.5, 0.6) is 0 Å². The van der Waals surface area contributed by atoms with Gasteiger partial charge < -0.3 is 10.5 Å². The summed E-state index contributed by atoms with van der Waals surface area (Å²) in [5.74, 6) is -0.378. The van der Waals surface area contributed by atoms with Crippen LogP contribution in [0.15, 0.2) is 33.8 Å². The van der Waals surface area contributed by atoms with Crippen molar-refractivity contribution < 1.29 is 9.53 Å². The van der Waals surface area contributed by atoms with Crippen molar-refractivity contribution in [2.24, 2.45) is 0 Å². The minimum atomic E-state index is -0.378. The molecule has 0 saturated heterocycles. The minimum absolute atomic E-state index is 0.330. The maximum Gasteiger partial charge on any atom is 0.339 e. The molecule has 7 heteroatoms. The SMILES string of the molecule is CCOC(=O)c1cc(N)ccc1Sc1ncns1. The average molecular weight is 281 g/mol. The Morgan fingerprint density at radius 2 is 2.39 bits per heavy atom. The van der Waals surface area contributed by atoms with E-state index in [1.807, 2.05) is 0 Å². The van der Waals surface area contributed by atoms with Crippen LogP contribution >= 0.6 is 23.3 Å². The van der Waals surface area contributed by atoms with Crippen LogP contribution in [0.3, 0.4) is 0 Å². The van der Waals surface area contributed by atoms with Gasteiger partial charge >= 0.3 is 5.97 Å². The van der Waals surface area contributed by atoms with Gasteiger partial charge in [0.05, 0.1) is 12.2 Å². The summed E-state index contributed by atoms with van der Waals surface area (Å²) < 4.78 is 9.69. The zero-order valence-electron chi connectivity index (χ0n) is 9.62. The first-order valence-electron chi connectivity index (χ1n) is 5.22. The van der Waals surface area contributed by atoms with Crippen LogP contribution < -0.4 is 5.73 Å². The molecule has 0 atom stereocenters. The van der Waals surface area contributed by atoms with Crippen molar-refractivity contribution in [1.29, 1.82) is 0 Å². The molecule has 0 aliphatic rings. The van der Waals surface area contributed by atoms with Crippen molar-refractivity contribution in [1.82, 2.24) is 9.36 Å². The standard InChI is InChI=1S/C11H11N3O2S2/c1-2-16-10(15)8-5-7(12)3-4-9(8)17-11-13-6-14-18-11/h3-6H,2,12H2,1H3. The molecule has 0 aliphatic carbocycles. The van der Waals surface area contributed by atoms with Crippen molar-refractivity contribution in [3.63, 3.8) is 0 Å². The highest BCUT2D eigenvalue weighted by Gasteiger charge is 2.15. The van der Waals surface area contributed by atoms with Crippen molar-refractivity contribution >= 4 is 35.0 Å². The van der Waals surface area contributed by atoms with Crippen LogP contribution in [-0.2, 0) is 4.74 Å². The van der Waals surface area contributed by atoms with E-state index in [0.717, 1.165) is 9.24 Å². The third-order valence-corrected chi connectivity index (χ3v) is 3.83. The first-order chi connectivity index (χ1) is 8.70. The molecule has 0 unspecified atom stereocenters. The molecule has 0 saturated carbocycles. The Morgan fingerprint density at radius 3 is 3.06 bits per heavy atom. The number of esters is 1. The van der Waals surface area contributed by atoms with E-state index in [1.165, 1.54) is 29.6 Å². The van der Waals surface area contributed by atoms with Gasteiger partial charge in [-0.2, -0.15) is 4.37 Å². The third kappa shape index (κ3) is 2.99. The number of aromatic nitrogens is 2. The van der Waals surface area contributed by atoms with E-state index in [9.17, 15) is 4.79 Å². The number of hydrogen-bond acceptors (Lipinski definition) is 7. The van der Waals surface area contributed by atoms with Gasteiger partial charge in [-0.3, -0.25) is 0 Å². The van der Waals surface area contributed by atoms with Crippen LogP contribution in [-0.4, -0.2) is 21.9 Å². The summed E-state index contributed by atoms with van der Waals surface area (Å²) >= 11 is 2.65. The molecule has 2 N–H and O–H groups in total. The lowest BCUT2D eigenvalue weighted by atomic mass is 10.2. The first kappa shape index (κ1) is 12.8. The molecule has 2 aromatic rings. The third-order valence-electron chi connectivity index (χ3n) is 2.04. The van der Waals surface area contributed by atoms with E-state index in [4.69, 9.17) is 10.5 Å². The van der Waals surface area contributed by atoms with Crippen molar-refractivity contribution in [3.05, 3.63) is 30.1 Å². The Bertz CT molecular complexity index is 543. The lowest BCUT2D eigenvalue weighted by molar-refractivity contribution is 0.0522. The number of nitrogen functional groups attached to an aromatic ring is 1. The number of carbonyl (C=O) groups is 1. The van der Waals surface area contributed by atoms with Crippen LogP contribution in [0.1, 0.15) is 17.3 Å². The number of rotatable bonds is 4. The lowest BCUT2D eigenvalue weighted by Gasteiger charge is -2.07. The number of anilines is 1. The number of carbonyl (C=O) groups excluding carboxylic acids is 1. The van der Waals surface area contributed by atoms with Crippen molar-refractivity contribution in [2.45, 2.75) is 16.2 Å². The van der Waals surface area contributed by atoms with E-state index in [0.29, 0.717) is 17.9 Å². The molecule has 94 valence electrons. The predicted molar refractivity (Wildman–Crippen MR) is 70.8 cm³/mol. The van der Waals surface area contributed by atoms with Crippen molar-refractivity contribution in [3.8, 4) is 0 Å². The largest absolute Gasteiger partial charge is 0.462 e. The zero-order chi connectivity index (χ0) is 13.0. The monoisotopic (exact) mass is 281 g/mol. The zero-order valence-corrected chi connectivity index (χ0v) is 11.3. The van der Waals surface area contributed by atoms with Gasteiger partial charge in [0, 0.05) is 10.6 Å². The molecule has 0 radical (unpaired) electrons. The Kier molecular flexibility index (Phi) is 4.16. The van der Waals surface area contributed by atoms with Crippen molar-refractivity contribution in [2.75, 3.05) is 12.3 Å². The predicted octanol–water partition coefficient (Wildman–Crippen LogP) is 2.45. The van der Waals surface area contributed by atoms with Crippen LogP contribution in [0.25, 0.3) is 0 Å². The van der Waals surface area contributed by atoms with E-state index < -0.39 is 0 Å². The molecule has 0 amide bonds. The van der Waals surface area contributed by atoms with Gasteiger partial charge in [0.15, 0.2) is 4.34 Å². The van der Waals surface area contributed by atoms with E-state index in [-0.39, 0.29) is 5.97 Å². The molecule has 1 aromatic heterocycles. The Hall–Kier alpha value is -1.60. The van der Waals surface area contributed by atoms with Gasteiger partial charge in [-0.05, 0) is 36.7 Å². The molecule has 0 fully saturated rings. The maximum atomic E-state index is 11.8. The summed E-state index contributed by atoms with van der Waals surface area (Å²) in [5.41, 5.74) is 6.68. The van der Waals surface area contributed by atoms with E-state index >= 15 is 0 Å². The summed E-state index contributed by atoms with van der Waals surface area (Å²) in [6.07, 6.45) is 1.48. The number of nitrogens with zero attached hydrogens (tertiary/aromatic N) is 2. The quantitative estimate of drug-likeness (QED) is 0.685. The summed E-state index contributed by atoms with van der Waals surface area (Å²) in [4.78, 5) is 16.7. The fourth-order valence-corrected chi connectivity index (χ4v) is 2.81. The molecule has 0 aliphatic heterocycles. The second-order valence-electron chi connectivity index (χ2n) is 3.29. The smallest absolute Gasteiger partial charge is 0.339 e. The van der Waals surface area contributed by atoms with Gasteiger partial charge in [-0.15, -0.1) is 0 Å².